The zero-order valence-electron chi connectivity index (χ0n) is 10.9. The van der Waals surface area contributed by atoms with E-state index in [-0.39, 0.29) is 6.10 Å². The zero-order chi connectivity index (χ0) is 12.6. The van der Waals surface area contributed by atoms with Crippen molar-refractivity contribution in [1.29, 1.82) is 0 Å². The molecule has 0 saturated carbocycles. The Kier molecular flexibility index (Phi) is 7.13. The molecule has 0 aromatic rings. The highest BCUT2D eigenvalue weighted by atomic mass is 16.6. The van der Waals surface area contributed by atoms with E-state index in [0.29, 0.717) is 6.54 Å². The van der Waals surface area contributed by atoms with Crippen molar-refractivity contribution in [1.82, 2.24) is 5.32 Å². The quantitative estimate of drug-likeness (QED) is 0.690. The third-order valence-corrected chi connectivity index (χ3v) is 2.00. The number of carbonyl (C=O) groups excluding carboxylic acids is 1. The predicted molar refractivity (Wildman–Crippen MR) is 64.4 cm³/mol. The van der Waals surface area contributed by atoms with Gasteiger partial charge in [-0.3, -0.25) is 0 Å². The maximum absolute atomic E-state index is 11.2. The lowest BCUT2D eigenvalue weighted by Gasteiger charge is -2.19. The van der Waals surface area contributed by atoms with E-state index in [1.165, 1.54) is 0 Å². The van der Waals surface area contributed by atoms with Gasteiger partial charge in [-0.15, -0.1) is 0 Å². The molecule has 4 nitrogen and oxygen atoms in total. The van der Waals surface area contributed by atoms with E-state index in [4.69, 9.17) is 4.74 Å². The number of alkyl carbamates (subject to hydrolysis) is 1. The minimum Gasteiger partial charge on any atom is -0.444 e. The van der Waals surface area contributed by atoms with Gasteiger partial charge in [-0.2, -0.15) is 0 Å². The van der Waals surface area contributed by atoms with Crippen LogP contribution in [-0.4, -0.2) is 29.4 Å². The highest BCUT2D eigenvalue weighted by molar-refractivity contribution is 5.67. The molecule has 0 spiro atoms. The molecular weight excluding hydrogens is 206 g/mol. The summed E-state index contributed by atoms with van der Waals surface area (Å²) in [7, 11) is 0. The van der Waals surface area contributed by atoms with Crippen molar-refractivity contribution in [2.75, 3.05) is 6.54 Å². The van der Waals surface area contributed by atoms with Crippen molar-refractivity contribution in [3.05, 3.63) is 0 Å². The van der Waals surface area contributed by atoms with Crippen LogP contribution >= 0.6 is 0 Å². The highest BCUT2D eigenvalue weighted by Crippen LogP contribution is 2.07. The maximum atomic E-state index is 11.2. The summed E-state index contributed by atoms with van der Waals surface area (Å²) >= 11 is 0. The Morgan fingerprint density at radius 2 is 2.00 bits per heavy atom. The molecule has 0 saturated heterocycles. The predicted octanol–water partition coefficient (Wildman–Crippen LogP) is 2.45. The van der Waals surface area contributed by atoms with Crippen LogP contribution in [0.15, 0.2) is 0 Å². The Bertz CT molecular complexity index is 199. The van der Waals surface area contributed by atoms with Crippen molar-refractivity contribution in [2.24, 2.45) is 0 Å². The molecule has 0 aliphatic carbocycles. The molecule has 1 atom stereocenters. The van der Waals surface area contributed by atoms with Crippen LogP contribution in [0.1, 0.15) is 53.4 Å². The fourth-order valence-electron chi connectivity index (χ4n) is 1.32. The second kappa shape index (κ2) is 7.49. The first-order valence-corrected chi connectivity index (χ1v) is 6.00. The van der Waals surface area contributed by atoms with Crippen LogP contribution in [0.4, 0.5) is 4.79 Å². The number of nitrogens with one attached hydrogen (secondary N) is 1. The van der Waals surface area contributed by atoms with E-state index >= 15 is 0 Å². The molecule has 0 aromatic heterocycles. The highest BCUT2D eigenvalue weighted by Gasteiger charge is 2.15. The second-order valence-electron chi connectivity index (χ2n) is 5.01. The van der Waals surface area contributed by atoms with Gasteiger partial charge in [0.15, 0.2) is 0 Å². The van der Waals surface area contributed by atoms with E-state index in [2.05, 4.69) is 5.32 Å². The van der Waals surface area contributed by atoms with Gasteiger partial charge in [0.2, 0.25) is 0 Å². The number of ether oxygens (including phenoxy) is 1. The number of hydrogen-bond donors (Lipinski definition) is 2. The minimum absolute atomic E-state index is 0.245. The van der Waals surface area contributed by atoms with E-state index in [1.54, 1.807) is 0 Å². The molecule has 16 heavy (non-hydrogen) atoms. The SMILES string of the molecule is CCCC(O)CCCNC(=O)OC(C)(C)C. The third kappa shape index (κ3) is 9.77. The lowest BCUT2D eigenvalue weighted by molar-refractivity contribution is 0.0523. The number of aliphatic hydroxyl groups excluding tert-OH is 1. The molecule has 96 valence electrons. The monoisotopic (exact) mass is 231 g/mol. The summed E-state index contributed by atoms with van der Waals surface area (Å²) < 4.78 is 5.08. The summed E-state index contributed by atoms with van der Waals surface area (Å²) in [6.45, 7) is 8.09. The van der Waals surface area contributed by atoms with Crippen LogP contribution in [0.5, 0.6) is 0 Å². The van der Waals surface area contributed by atoms with Gasteiger partial charge in [-0.05, 0) is 40.0 Å². The molecular formula is C12H25NO3. The Labute approximate surface area is 98.4 Å². The number of hydrogen-bond acceptors (Lipinski definition) is 3. The number of carbonyl (C=O) groups is 1. The molecule has 0 fully saturated rings. The summed E-state index contributed by atoms with van der Waals surface area (Å²) in [5.74, 6) is 0. The molecule has 1 unspecified atom stereocenters. The van der Waals surface area contributed by atoms with Crippen LogP contribution < -0.4 is 5.32 Å². The van der Waals surface area contributed by atoms with Crippen molar-refractivity contribution in [2.45, 2.75) is 65.1 Å². The van der Waals surface area contributed by atoms with Crippen LogP contribution in [0, 0.1) is 0 Å². The molecule has 1 amide bonds. The third-order valence-electron chi connectivity index (χ3n) is 2.00. The van der Waals surface area contributed by atoms with Gasteiger partial charge < -0.3 is 15.2 Å². The first kappa shape index (κ1) is 15.2. The van der Waals surface area contributed by atoms with Crippen molar-refractivity contribution < 1.29 is 14.6 Å². The normalized spacial score (nSPS) is 13.3. The van der Waals surface area contributed by atoms with Crippen LogP contribution in [0.25, 0.3) is 0 Å². The van der Waals surface area contributed by atoms with E-state index in [1.807, 2.05) is 27.7 Å². The fraction of sp³-hybridized carbons (Fsp3) is 0.917. The van der Waals surface area contributed by atoms with Gasteiger partial charge in [-0.1, -0.05) is 13.3 Å². The molecule has 0 aromatic carbocycles. The summed E-state index contributed by atoms with van der Waals surface area (Å²) in [6.07, 6.45) is 2.68. The fourth-order valence-corrected chi connectivity index (χ4v) is 1.32. The Balaban J connectivity index is 3.48. The molecule has 0 rings (SSSR count). The summed E-state index contributed by atoms with van der Waals surface area (Å²) in [6, 6.07) is 0. The van der Waals surface area contributed by atoms with Crippen molar-refractivity contribution in [3.63, 3.8) is 0 Å². The van der Waals surface area contributed by atoms with Crippen molar-refractivity contribution in [3.8, 4) is 0 Å². The number of amides is 1. The van der Waals surface area contributed by atoms with Gasteiger partial charge in [0.25, 0.3) is 0 Å². The summed E-state index contributed by atoms with van der Waals surface area (Å²) in [5.41, 5.74) is -0.453. The van der Waals surface area contributed by atoms with E-state index in [9.17, 15) is 9.90 Å². The molecule has 0 aliphatic rings. The maximum Gasteiger partial charge on any atom is 0.407 e. The lowest BCUT2D eigenvalue weighted by Crippen LogP contribution is -2.33. The smallest absolute Gasteiger partial charge is 0.407 e. The first-order valence-electron chi connectivity index (χ1n) is 6.00. The van der Waals surface area contributed by atoms with Gasteiger partial charge in [0, 0.05) is 6.54 Å². The minimum atomic E-state index is -0.453. The van der Waals surface area contributed by atoms with Crippen LogP contribution in [-0.2, 0) is 4.74 Å². The van der Waals surface area contributed by atoms with Gasteiger partial charge in [0.1, 0.15) is 5.60 Å². The number of rotatable bonds is 6. The molecule has 0 aliphatic heterocycles. The van der Waals surface area contributed by atoms with E-state index < -0.39 is 11.7 Å². The molecule has 4 heteroatoms. The average Bonchev–Trinajstić information content (AvgIpc) is 2.10. The van der Waals surface area contributed by atoms with Crippen molar-refractivity contribution >= 4 is 6.09 Å². The molecule has 0 bridgehead atoms. The lowest BCUT2D eigenvalue weighted by atomic mass is 10.1. The van der Waals surface area contributed by atoms with Gasteiger partial charge in [0.05, 0.1) is 6.10 Å². The topological polar surface area (TPSA) is 58.6 Å². The first-order chi connectivity index (χ1) is 7.35. The number of aliphatic hydroxyl groups is 1. The Morgan fingerprint density at radius 1 is 1.38 bits per heavy atom. The summed E-state index contributed by atoms with van der Waals surface area (Å²) in [5, 5.41) is 12.1. The van der Waals surface area contributed by atoms with Crippen LogP contribution in [0.2, 0.25) is 0 Å². The standard InChI is InChI=1S/C12H25NO3/c1-5-7-10(14)8-6-9-13-11(15)16-12(2,3)4/h10,14H,5-9H2,1-4H3,(H,13,15). The molecule has 2 N–H and O–H groups in total. The Hall–Kier alpha value is -0.770. The Morgan fingerprint density at radius 3 is 2.50 bits per heavy atom. The molecule has 0 radical (unpaired) electrons. The average molecular weight is 231 g/mol. The van der Waals surface area contributed by atoms with Gasteiger partial charge >= 0.3 is 6.09 Å². The second-order valence-corrected chi connectivity index (χ2v) is 5.01. The molecule has 0 heterocycles. The largest absolute Gasteiger partial charge is 0.444 e. The zero-order valence-corrected chi connectivity index (χ0v) is 10.9. The summed E-state index contributed by atoms with van der Waals surface area (Å²) in [4.78, 5) is 11.2. The van der Waals surface area contributed by atoms with Gasteiger partial charge in [-0.25, -0.2) is 4.79 Å². The van der Waals surface area contributed by atoms with E-state index in [0.717, 1.165) is 25.7 Å². The van der Waals surface area contributed by atoms with Crippen LogP contribution in [0.3, 0.4) is 0 Å².